The van der Waals surface area contributed by atoms with Gasteiger partial charge in [-0.2, -0.15) is 8.42 Å². The molecule has 6 nitrogen and oxygen atoms in total. The molecule has 39 heavy (non-hydrogen) atoms. The lowest BCUT2D eigenvalue weighted by atomic mass is 10.0. The number of amides is 1. The number of hydrogen-bond donors (Lipinski definition) is 3. The average Bonchev–Trinajstić information content (AvgIpc) is 2.88. The number of nitrogens with one attached hydrogen (secondary N) is 1. The third-order valence-corrected chi connectivity index (χ3v) is 8.24. The lowest BCUT2D eigenvalue weighted by Crippen LogP contribution is -2.46. The molecule has 0 heterocycles. The maximum absolute atomic E-state index is 12.4. The lowest BCUT2D eigenvalue weighted by Gasteiger charge is -2.21. The average molecular weight is 574 g/mol. The monoisotopic (exact) mass is 573 g/mol. The molecule has 0 aromatic heterocycles. The molecule has 3 N–H and O–H groups in total. The van der Waals surface area contributed by atoms with E-state index >= 15 is 0 Å². The van der Waals surface area contributed by atoms with Crippen LogP contribution < -0.4 is 5.32 Å². The fourth-order valence-electron chi connectivity index (χ4n) is 4.98. The zero-order valence-corrected chi connectivity index (χ0v) is 26.3. The van der Waals surface area contributed by atoms with Gasteiger partial charge in [-0.05, 0) is 19.3 Å². The van der Waals surface area contributed by atoms with Crippen molar-refractivity contribution >= 4 is 16.0 Å². The summed E-state index contributed by atoms with van der Waals surface area (Å²) in [6, 6.07) is -1.05. The molecule has 0 rings (SSSR count). The fraction of sp³-hybridized carbons (Fsp3) is 0.906. The van der Waals surface area contributed by atoms with E-state index in [0.717, 1.165) is 38.5 Å². The topological polar surface area (TPSA) is 104 Å². The van der Waals surface area contributed by atoms with Gasteiger partial charge in [0.05, 0.1) is 17.9 Å². The van der Waals surface area contributed by atoms with Gasteiger partial charge >= 0.3 is 0 Å². The van der Waals surface area contributed by atoms with Crippen LogP contribution in [0.5, 0.6) is 0 Å². The highest BCUT2D eigenvalue weighted by Gasteiger charge is 2.24. The van der Waals surface area contributed by atoms with E-state index in [2.05, 4.69) is 19.2 Å². The molecule has 2 unspecified atom stereocenters. The highest BCUT2D eigenvalue weighted by Crippen LogP contribution is 2.14. The molecule has 0 aliphatic rings. The number of rotatable bonds is 29. The van der Waals surface area contributed by atoms with E-state index in [1.54, 1.807) is 6.08 Å². The van der Waals surface area contributed by atoms with E-state index in [1.165, 1.54) is 109 Å². The molecule has 1 amide bonds. The summed E-state index contributed by atoms with van der Waals surface area (Å²) >= 11 is 0. The molecule has 0 saturated carbocycles. The number of unbranched alkanes of at least 4 members (excludes halogenated alkanes) is 21. The summed E-state index contributed by atoms with van der Waals surface area (Å²) in [7, 11) is -4.33. The van der Waals surface area contributed by atoms with Gasteiger partial charge in [0, 0.05) is 6.42 Å². The van der Waals surface area contributed by atoms with E-state index in [4.69, 9.17) is 0 Å². The molecule has 0 saturated heterocycles. The van der Waals surface area contributed by atoms with Crippen LogP contribution in [0.2, 0.25) is 0 Å². The minimum atomic E-state index is -4.33. The van der Waals surface area contributed by atoms with Gasteiger partial charge in [0.1, 0.15) is 0 Å². The van der Waals surface area contributed by atoms with Crippen molar-refractivity contribution in [3.05, 3.63) is 12.2 Å². The van der Waals surface area contributed by atoms with Crippen molar-refractivity contribution in [3.63, 3.8) is 0 Å². The minimum absolute atomic E-state index is 0.280. The maximum Gasteiger partial charge on any atom is 0.267 e. The predicted octanol–water partition coefficient (Wildman–Crippen LogP) is 8.68. The van der Waals surface area contributed by atoms with Gasteiger partial charge < -0.3 is 10.4 Å². The smallest absolute Gasteiger partial charge is 0.267 e. The standard InChI is InChI=1S/C32H63NO5S/c1-3-5-7-9-11-13-15-16-18-20-22-24-26-28-32(35)33-30(29-39(36,37)38)31(34)27-25-23-21-19-17-14-12-10-8-6-4-2/h25,27,30-31,34H,3-24,26,28-29H2,1-2H3,(H,33,35)(H,36,37,38)/b27-25+. The molecule has 0 spiro atoms. The van der Waals surface area contributed by atoms with E-state index in [-0.39, 0.29) is 5.91 Å². The van der Waals surface area contributed by atoms with Crippen molar-refractivity contribution in [1.29, 1.82) is 0 Å². The Kier molecular flexibility index (Phi) is 26.6. The number of aliphatic hydroxyl groups is 1. The normalized spacial score (nSPS) is 13.6. The second kappa shape index (κ2) is 27.3. The summed E-state index contributed by atoms with van der Waals surface area (Å²) in [6.45, 7) is 4.47. The first kappa shape index (κ1) is 38.1. The molecule has 0 fully saturated rings. The van der Waals surface area contributed by atoms with Crippen molar-refractivity contribution in [3.8, 4) is 0 Å². The molecule has 0 bridgehead atoms. The van der Waals surface area contributed by atoms with Crippen LogP contribution in [0.15, 0.2) is 12.2 Å². The third kappa shape index (κ3) is 28.4. The highest BCUT2D eigenvalue weighted by atomic mass is 32.2. The van der Waals surface area contributed by atoms with Crippen LogP contribution in [0.4, 0.5) is 0 Å². The zero-order chi connectivity index (χ0) is 29.0. The number of aliphatic hydroxyl groups excluding tert-OH is 1. The quantitative estimate of drug-likeness (QED) is 0.0472. The molecular weight excluding hydrogens is 510 g/mol. The fourth-order valence-corrected chi connectivity index (χ4v) is 5.71. The van der Waals surface area contributed by atoms with Crippen molar-refractivity contribution in [1.82, 2.24) is 5.32 Å². The molecule has 232 valence electrons. The first-order valence-corrected chi connectivity index (χ1v) is 18.0. The molecule has 0 aromatic carbocycles. The number of carbonyl (C=O) groups excluding carboxylic acids is 1. The van der Waals surface area contributed by atoms with Gasteiger partial charge in [0.2, 0.25) is 5.91 Å². The summed E-state index contributed by atoms with van der Waals surface area (Å²) in [4.78, 5) is 12.4. The Morgan fingerprint density at radius 1 is 0.667 bits per heavy atom. The summed E-state index contributed by atoms with van der Waals surface area (Å²) < 4.78 is 32.2. The summed E-state index contributed by atoms with van der Waals surface area (Å²) in [6.07, 6.45) is 30.5. The van der Waals surface area contributed by atoms with E-state index in [9.17, 15) is 22.9 Å². The van der Waals surface area contributed by atoms with Gasteiger partial charge in [0.15, 0.2) is 0 Å². The van der Waals surface area contributed by atoms with E-state index in [1.807, 2.05) is 6.08 Å². The van der Waals surface area contributed by atoms with Crippen LogP contribution in [0.3, 0.4) is 0 Å². The van der Waals surface area contributed by atoms with E-state index in [0.29, 0.717) is 6.42 Å². The second-order valence-corrected chi connectivity index (χ2v) is 12.9. The third-order valence-electron chi connectivity index (χ3n) is 7.46. The second-order valence-electron chi connectivity index (χ2n) is 11.5. The highest BCUT2D eigenvalue weighted by molar-refractivity contribution is 7.85. The van der Waals surface area contributed by atoms with Gasteiger partial charge in [0.25, 0.3) is 10.1 Å². The van der Waals surface area contributed by atoms with Crippen LogP contribution in [0, 0.1) is 0 Å². The summed E-state index contributed by atoms with van der Waals surface area (Å²) in [5.41, 5.74) is 0. The number of allylic oxidation sites excluding steroid dienone is 1. The maximum atomic E-state index is 12.4. The van der Waals surface area contributed by atoms with E-state index < -0.39 is 28.0 Å². The molecule has 0 aliphatic heterocycles. The Morgan fingerprint density at radius 2 is 1.05 bits per heavy atom. The van der Waals surface area contributed by atoms with Crippen molar-refractivity contribution in [2.75, 3.05) is 5.75 Å². The molecule has 2 atom stereocenters. The van der Waals surface area contributed by atoms with Crippen molar-refractivity contribution in [2.24, 2.45) is 0 Å². The Balaban J connectivity index is 4.03. The van der Waals surface area contributed by atoms with Crippen molar-refractivity contribution in [2.45, 2.75) is 180 Å². The number of hydrogen-bond acceptors (Lipinski definition) is 4. The van der Waals surface area contributed by atoms with Gasteiger partial charge in [-0.1, -0.05) is 154 Å². The Hall–Kier alpha value is -0.920. The molecule has 0 radical (unpaired) electrons. The lowest BCUT2D eigenvalue weighted by molar-refractivity contribution is -0.122. The van der Waals surface area contributed by atoms with Crippen LogP contribution in [0.25, 0.3) is 0 Å². The van der Waals surface area contributed by atoms with Crippen molar-refractivity contribution < 1.29 is 22.9 Å². The van der Waals surface area contributed by atoms with Crippen LogP contribution in [-0.4, -0.2) is 41.9 Å². The zero-order valence-electron chi connectivity index (χ0n) is 25.5. The van der Waals surface area contributed by atoms with Crippen LogP contribution >= 0.6 is 0 Å². The Labute approximate surface area is 241 Å². The van der Waals surface area contributed by atoms with Crippen LogP contribution in [0.1, 0.15) is 168 Å². The SMILES string of the molecule is CCCCCCCCCCC/C=C/C(O)C(CS(=O)(=O)O)NC(=O)CCCCCCCCCCCCCCC. The molecule has 0 aliphatic carbocycles. The van der Waals surface area contributed by atoms with Gasteiger partial charge in [-0.3, -0.25) is 9.35 Å². The summed E-state index contributed by atoms with van der Waals surface area (Å²) in [5.74, 6) is -0.973. The first-order valence-electron chi connectivity index (χ1n) is 16.4. The predicted molar refractivity (Wildman–Crippen MR) is 166 cm³/mol. The van der Waals surface area contributed by atoms with Gasteiger partial charge in [-0.25, -0.2) is 0 Å². The van der Waals surface area contributed by atoms with Gasteiger partial charge in [-0.15, -0.1) is 0 Å². The minimum Gasteiger partial charge on any atom is -0.387 e. The largest absolute Gasteiger partial charge is 0.387 e. The Bertz CT molecular complexity index is 680. The first-order chi connectivity index (χ1) is 18.8. The van der Waals surface area contributed by atoms with Crippen LogP contribution in [-0.2, 0) is 14.9 Å². The summed E-state index contributed by atoms with van der Waals surface area (Å²) in [5, 5.41) is 13.1. The molecular formula is C32H63NO5S. The molecule has 0 aromatic rings. The molecule has 7 heteroatoms. The number of carbonyl (C=O) groups is 1. The Morgan fingerprint density at radius 3 is 1.46 bits per heavy atom.